The minimum atomic E-state index is 0.701. The third-order valence-corrected chi connectivity index (χ3v) is 4.18. The van der Waals surface area contributed by atoms with E-state index in [4.69, 9.17) is 16.7 Å². The maximum Gasteiger partial charge on any atom is 0.166 e. The molecule has 0 aliphatic rings. The molecule has 1 aromatic carbocycles. The fraction of sp³-hybridized carbons (Fsp3) is 0.474. The average molecular weight is 347 g/mol. The molecular formula is C19H27ClN4. The smallest absolute Gasteiger partial charge is 0.166 e. The van der Waals surface area contributed by atoms with Crippen molar-refractivity contribution >= 4 is 17.4 Å². The Bertz CT molecular complexity index is 622. The van der Waals surface area contributed by atoms with Gasteiger partial charge in [-0.25, -0.2) is 4.98 Å². The Balaban J connectivity index is 2.26. The van der Waals surface area contributed by atoms with Gasteiger partial charge in [-0.05, 0) is 25.0 Å². The molecule has 0 bridgehead atoms. The largest absolute Gasteiger partial charge is 0.295 e. The lowest BCUT2D eigenvalue weighted by atomic mass is 10.2. The number of halogens is 1. The molecule has 0 saturated carbocycles. The van der Waals surface area contributed by atoms with Crippen molar-refractivity contribution < 1.29 is 0 Å². The second kappa shape index (κ2) is 10.1. The quantitative estimate of drug-likeness (QED) is 0.276. The van der Waals surface area contributed by atoms with Gasteiger partial charge in [0.15, 0.2) is 5.84 Å². The topological polar surface area (TPSA) is 33.4 Å². The van der Waals surface area contributed by atoms with Crippen LogP contribution < -0.4 is 0 Å². The number of imidazole rings is 1. The van der Waals surface area contributed by atoms with Crippen molar-refractivity contribution in [1.82, 2.24) is 14.6 Å². The fourth-order valence-corrected chi connectivity index (χ4v) is 2.82. The Morgan fingerprint density at radius 3 is 2.62 bits per heavy atom. The van der Waals surface area contributed by atoms with Crippen molar-refractivity contribution in [3.05, 3.63) is 53.6 Å². The number of unbranched alkanes of at least 4 members (excludes halogenated alkanes) is 3. The van der Waals surface area contributed by atoms with E-state index in [1.165, 1.54) is 19.3 Å². The van der Waals surface area contributed by atoms with Gasteiger partial charge in [0, 0.05) is 31.0 Å². The number of aromatic nitrogens is 2. The van der Waals surface area contributed by atoms with Crippen LogP contribution in [0.15, 0.2) is 48.1 Å². The molecule has 130 valence electrons. The Hall–Kier alpha value is -1.81. The van der Waals surface area contributed by atoms with Gasteiger partial charge in [0.2, 0.25) is 0 Å². The molecule has 0 fully saturated rings. The predicted molar refractivity (Wildman–Crippen MR) is 102 cm³/mol. The van der Waals surface area contributed by atoms with Crippen molar-refractivity contribution in [1.29, 1.82) is 0 Å². The molecule has 24 heavy (non-hydrogen) atoms. The normalized spacial score (nSPS) is 11.7. The zero-order chi connectivity index (χ0) is 17.2. The Morgan fingerprint density at radius 1 is 1.12 bits per heavy atom. The van der Waals surface area contributed by atoms with E-state index >= 15 is 0 Å². The summed E-state index contributed by atoms with van der Waals surface area (Å²) in [6, 6.07) is 7.82. The van der Waals surface area contributed by atoms with Gasteiger partial charge in [-0.3, -0.25) is 9.58 Å². The van der Waals surface area contributed by atoms with Crippen LogP contribution in [0.1, 0.15) is 51.5 Å². The monoisotopic (exact) mass is 346 g/mol. The summed E-state index contributed by atoms with van der Waals surface area (Å²) in [7, 11) is 0. The van der Waals surface area contributed by atoms with Gasteiger partial charge in [-0.15, -0.1) is 0 Å². The lowest BCUT2D eigenvalue weighted by Crippen LogP contribution is -2.25. The fourth-order valence-electron chi connectivity index (χ4n) is 2.60. The third-order valence-electron chi connectivity index (χ3n) is 3.85. The van der Waals surface area contributed by atoms with Crippen molar-refractivity contribution in [2.75, 3.05) is 13.1 Å². The molecule has 2 aromatic rings. The van der Waals surface area contributed by atoms with Gasteiger partial charge in [0.25, 0.3) is 0 Å². The van der Waals surface area contributed by atoms with E-state index in [1.807, 2.05) is 35.0 Å². The van der Waals surface area contributed by atoms with E-state index in [-0.39, 0.29) is 0 Å². The summed E-state index contributed by atoms with van der Waals surface area (Å²) in [5.74, 6) is 0.821. The highest BCUT2D eigenvalue weighted by molar-refractivity contribution is 6.34. The van der Waals surface area contributed by atoms with Gasteiger partial charge in [-0.1, -0.05) is 56.8 Å². The number of hydrazone groups is 1. The average Bonchev–Trinajstić information content (AvgIpc) is 3.11. The summed E-state index contributed by atoms with van der Waals surface area (Å²) in [6.45, 7) is 6.32. The lowest BCUT2D eigenvalue weighted by molar-refractivity contribution is 0.280. The molecule has 0 N–H and O–H groups in total. The molecule has 5 heteroatoms. The highest BCUT2D eigenvalue weighted by Gasteiger charge is 2.12. The van der Waals surface area contributed by atoms with Crippen molar-refractivity contribution in [2.45, 2.75) is 46.0 Å². The predicted octanol–water partition coefficient (Wildman–Crippen LogP) is 5.04. The summed E-state index contributed by atoms with van der Waals surface area (Å²) in [5.41, 5.74) is 0.923. The van der Waals surface area contributed by atoms with Gasteiger partial charge in [0.1, 0.15) is 6.33 Å². The summed E-state index contributed by atoms with van der Waals surface area (Å²) in [5, 5.41) is 7.79. The molecule has 0 aliphatic heterocycles. The van der Waals surface area contributed by atoms with Crippen LogP contribution in [0.4, 0.5) is 0 Å². The van der Waals surface area contributed by atoms with Crippen LogP contribution in [0.25, 0.3) is 0 Å². The van der Waals surface area contributed by atoms with Gasteiger partial charge >= 0.3 is 0 Å². The first-order chi connectivity index (χ1) is 11.8. The molecule has 0 saturated heterocycles. The van der Waals surface area contributed by atoms with Crippen LogP contribution >= 0.6 is 11.6 Å². The maximum atomic E-state index is 6.41. The summed E-state index contributed by atoms with van der Waals surface area (Å²) in [4.78, 5) is 4.16. The van der Waals surface area contributed by atoms with E-state index in [2.05, 4.69) is 23.8 Å². The Kier molecular flexibility index (Phi) is 7.83. The number of rotatable bonds is 9. The van der Waals surface area contributed by atoms with E-state index in [0.717, 1.165) is 37.3 Å². The van der Waals surface area contributed by atoms with Crippen LogP contribution in [0.5, 0.6) is 0 Å². The number of hydrogen-bond acceptors (Lipinski definition) is 3. The van der Waals surface area contributed by atoms with Crippen LogP contribution in [-0.4, -0.2) is 33.5 Å². The molecular weight excluding hydrogens is 320 g/mol. The minimum Gasteiger partial charge on any atom is -0.295 e. The second-order valence-electron chi connectivity index (χ2n) is 5.89. The first-order valence-corrected chi connectivity index (χ1v) is 9.20. The molecule has 0 spiro atoms. The van der Waals surface area contributed by atoms with Crippen LogP contribution in [0.3, 0.4) is 0 Å². The van der Waals surface area contributed by atoms with Crippen molar-refractivity contribution in [2.24, 2.45) is 5.10 Å². The lowest BCUT2D eigenvalue weighted by Gasteiger charge is -2.21. The number of hydrogen-bond donors (Lipinski definition) is 0. The maximum absolute atomic E-state index is 6.41. The third kappa shape index (κ3) is 5.38. The number of nitrogens with zero attached hydrogens (tertiary/aromatic N) is 4. The molecule has 2 rings (SSSR count). The second-order valence-corrected chi connectivity index (χ2v) is 6.29. The molecule has 0 amide bonds. The van der Waals surface area contributed by atoms with E-state index in [1.54, 1.807) is 12.5 Å². The zero-order valence-corrected chi connectivity index (χ0v) is 15.4. The highest BCUT2D eigenvalue weighted by atomic mass is 35.5. The summed E-state index contributed by atoms with van der Waals surface area (Å²) >= 11 is 6.41. The first kappa shape index (κ1) is 18.5. The highest BCUT2D eigenvalue weighted by Crippen LogP contribution is 2.18. The molecule has 1 aromatic heterocycles. The van der Waals surface area contributed by atoms with Crippen LogP contribution in [0, 0.1) is 0 Å². The van der Waals surface area contributed by atoms with Crippen LogP contribution in [-0.2, 0) is 0 Å². The molecule has 1 heterocycles. The molecule has 0 aliphatic carbocycles. The zero-order valence-electron chi connectivity index (χ0n) is 14.7. The van der Waals surface area contributed by atoms with Crippen molar-refractivity contribution in [3.63, 3.8) is 0 Å². The van der Waals surface area contributed by atoms with Gasteiger partial charge < -0.3 is 0 Å². The molecule has 0 radical (unpaired) electrons. The SMILES string of the molecule is CCCCCCN(CCC)N=C(c1ccccc1Cl)n1ccnc1. The standard InChI is InChI=1S/C19H27ClN4/c1-3-5-6-9-14-24(13-4-2)22-19(23-15-12-21-16-23)17-10-7-8-11-18(17)20/h7-8,10-12,15-16H,3-6,9,13-14H2,1-2H3. The van der Waals surface area contributed by atoms with Gasteiger partial charge in [0.05, 0.1) is 5.02 Å². The molecule has 4 nitrogen and oxygen atoms in total. The van der Waals surface area contributed by atoms with Gasteiger partial charge in [-0.2, -0.15) is 5.10 Å². The minimum absolute atomic E-state index is 0.701. The first-order valence-electron chi connectivity index (χ1n) is 8.83. The Morgan fingerprint density at radius 2 is 1.96 bits per heavy atom. The van der Waals surface area contributed by atoms with Crippen LogP contribution in [0.2, 0.25) is 5.02 Å². The molecule has 0 atom stereocenters. The molecule has 0 unspecified atom stereocenters. The summed E-state index contributed by atoms with van der Waals surface area (Å²) in [6.07, 6.45) is 11.4. The van der Waals surface area contributed by atoms with E-state index < -0.39 is 0 Å². The summed E-state index contributed by atoms with van der Waals surface area (Å²) < 4.78 is 1.93. The Labute approximate surface area is 150 Å². The number of benzene rings is 1. The van der Waals surface area contributed by atoms with E-state index in [0.29, 0.717) is 5.02 Å². The van der Waals surface area contributed by atoms with E-state index in [9.17, 15) is 0 Å². The van der Waals surface area contributed by atoms with Crippen molar-refractivity contribution in [3.8, 4) is 0 Å².